The van der Waals surface area contributed by atoms with Crippen LogP contribution in [0.1, 0.15) is 0 Å². The Hall–Kier alpha value is 0.880. The van der Waals surface area contributed by atoms with E-state index in [-0.39, 0.29) is 36.2 Å². The summed E-state index contributed by atoms with van der Waals surface area (Å²) >= 11 is 0. The Morgan fingerprint density at radius 1 is 1.30 bits per heavy atom. The van der Waals surface area contributed by atoms with Gasteiger partial charge in [0.1, 0.15) is 0 Å². The molecule has 0 unspecified atom stereocenters. The van der Waals surface area contributed by atoms with Gasteiger partial charge in [-0.05, 0) is 6.54 Å². The van der Waals surface area contributed by atoms with Gasteiger partial charge in [-0.1, -0.05) is 0 Å². The number of ether oxygens (including phenoxy) is 1. The summed E-state index contributed by atoms with van der Waals surface area (Å²) in [6.07, 6.45) is 0. The predicted molar refractivity (Wildman–Crippen MR) is 32.1 cm³/mol. The third kappa shape index (κ3) is 3.91. The predicted octanol–water partition coefficient (Wildman–Crippen LogP) is -4.32. The Labute approximate surface area is 83.6 Å². The normalized spacial score (nSPS) is 20.1. The van der Waals surface area contributed by atoms with Crippen molar-refractivity contribution in [2.24, 2.45) is 0 Å². The Bertz CT molecular complexity index is 73.4. The van der Waals surface area contributed by atoms with Crippen molar-refractivity contribution in [3.63, 3.8) is 0 Å². The third-order valence-corrected chi connectivity index (χ3v) is 1.51. The van der Waals surface area contributed by atoms with Crippen LogP contribution in [0.4, 0.5) is 0 Å². The summed E-state index contributed by atoms with van der Waals surface area (Å²) in [5.74, 6) is 0. The third-order valence-electron chi connectivity index (χ3n) is 1.51. The van der Waals surface area contributed by atoms with Gasteiger partial charge in [0.15, 0.2) is 0 Å². The van der Waals surface area contributed by atoms with Gasteiger partial charge in [0.05, 0.1) is 13.2 Å². The molecule has 0 aromatic rings. The number of nitrogens with zero attached hydrogens (tertiary/aromatic N) is 1. The molecule has 0 aliphatic carbocycles. The second kappa shape index (κ2) is 6.58. The van der Waals surface area contributed by atoms with Gasteiger partial charge in [-0.15, -0.1) is 6.61 Å². The van der Waals surface area contributed by atoms with Crippen molar-refractivity contribution >= 4 is 0 Å². The summed E-state index contributed by atoms with van der Waals surface area (Å²) in [4.78, 5) is 2.14. The molecule has 1 heterocycles. The maximum absolute atomic E-state index is 10.1. The van der Waals surface area contributed by atoms with Crippen molar-refractivity contribution in [1.29, 1.82) is 0 Å². The summed E-state index contributed by atoms with van der Waals surface area (Å²) in [6.45, 7) is 4.15. The first-order valence-corrected chi connectivity index (χ1v) is 3.31. The van der Waals surface area contributed by atoms with Gasteiger partial charge < -0.3 is 14.7 Å². The Kier molecular flexibility index (Phi) is 7.16. The summed E-state index contributed by atoms with van der Waals surface area (Å²) in [7, 11) is 0. The van der Waals surface area contributed by atoms with E-state index in [4.69, 9.17) is 4.74 Å². The van der Waals surface area contributed by atoms with Crippen molar-refractivity contribution in [3.8, 4) is 0 Å². The van der Waals surface area contributed by atoms with E-state index >= 15 is 0 Å². The van der Waals surface area contributed by atoms with E-state index in [1.54, 1.807) is 0 Å². The van der Waals surface area contributed by atoms with Gasteiger partial charge in [-0.3, -0.25) is 0 Å². The van der Waals surface area contributed by atoms with E-state index < -0.39 is 0 Å². The summed E-state index contributed by atoms with van der Waals surface area (Å²) in [5.41, 5.74) is 0. The second-order valence-corrected chi connectivity index (χ2v) is 2.16. The van der Waals surface area contributed by atoms with Crippen LogP contribution in [-0.2, 0) is 4.74 Å². The molecule has 0 radical (unpaired) electrons. The molecule has 54 valence electrons. The Morgan fingerprint density at radius 3 is 2.40 bits per heavy atom. The molecule has 0 amide bonds. The fourth-order valence-corrected chi connectivity index (χ4v) is 0.954. The summed E-state index contributed by atoms with van der Waals surface area (Å²) < 4.78 is 5.10. The molecule has 1 aliphatic rings. The average molecular weight is 153 g/mol. The molecule has 4 heteroatoms. The molecule has 1 aliphatic heterocycles. The molecule has 1 fully saturated rings. The van der Waals surface area contributed by atoms with E-state index in [1.807, 2.05) is 0 Å². The topological polar surface area (TPSA) is 35.5 Å². The quantitative estimate of drug-likeness (QED) is 0.376. The fraction of sp³-hybridized carbons (Fsp3) is 1.00. The van der Waals surface area contributed by atoms with Crippen molar-refractivity contribution < 1.29 is 39.4 Å². The van der Waals surface area contributed by atoms with Crippen LogP contribution in [-0.4, -0.2) is 44.4 Å². The van der Waals surface area contributed by atoms with Gasteiger partial charge in [-0.25, -0.2) is 0 Å². The smallest absolute Gasteiger partial charge is 0.854 e. The zero-order valence-corrected chi connectivity index (χ0v) is 8.51. The van der Waals surface area contributed by atoms with E-state index in [0.717, 1.165) is 26.3 Å². The van der Waals surface area contributed by atoms with Gasteiger partial charge in [0.2, 0.25) is 0 Å². The molecule has 0 N–H and O–H groups in total. The largest absolute Gasteiger partial charge is 1.00 e. The van der Waals surface area contributed by atoms with Crippen molar-refractivity contribution in [2.45, 2.75) is 0 Å². The van der Waals surface area contributed by atoms with Crippen molar-refractivity contribution in [2.75, 3.05) is 39.5 Å². The van der Waals surface area contributed by atoms with Crippen LogP contribution in [0.15, 0.2) is 0 Å². The maximum atomic E-state index is 10.1. The molecule has 0 bridgehead atoms. The molecule has 1 saturated heterocycles. The second-order valence-electron chi connectivity index (χ2n) is 2.16. The van der Waals surface area contributed by atoms with Crippen LogP contribution in [0.2, 0.25) is 0 Å². The van der Waals surface area contributed by atoms with Crippen LogP contribution in [0.5, 0.6) is 0 Å². The zero-order valence-electron chi connectivity index (χ0n) is 6.51. The Morgan fingerprint density at radius 2 is 1.90 bits per heavy atom. The van der Waals surface area contributed by atoms with E-state index in [1.165, 1.54) is 0 Å². The standard InChI is InChI=1S/C6H12NO2.Na/c8-4-1-7-2-5-9-6-3-7;/h1-6H2;/q-1;+1. The average Bonchev–Trinajstić information content (AvgIpc) is 1.91. The molecule has 0 aromatic heterocycles. The van der Waals surface area contributed by atoms with Crippen molar-refractivity contribution in [1.82, 2.24) is 4.90 Å². The minimum atomic E-state index is 0. The molecule has 0 atom stereocenters. The molecule has 0 aromatic carbocycles. The first-order valence-electron chi connectivity index (χ1n) is 3.31. The van der Waals surface area contributed by atoms with E-state index in [2.05, 4.69) is 4.90 Å². The molecule has 3 nitrogen and oxygen atoms in total. The van der Waals surface area contributed by atoms with E-state index in [0.29, 0.717) is 6.54 Å². The molecular weight excluding hydrogens is 141 g/mol. The van der Waals surface area contributed by atoms with Crippen LogP contribution in [0.25, 0.3) is 0 Å². The first kappa shape index (κ1) is 10.9. The van der Waals surface area contributed by atoms with Crippen LogP contribution < -0.4 is 34.7 Å². The van der Waals surface area contributed by atoms with Crippen LogP contribution >= 0.6 is 0 Å². The summed E-state index contributed by atoms with van der Waals surface area (Å²) in [6, 6.07) is 0. The van der Waals surface area contributed by atoms with E-state index in [9.17, 15) is 5.11 Å². The molecule has 0 saturated carbocycles. The zero-order chi connectivity index (χ0) is 6.53. The summed E-state index contributed by atoms with van der Waals surface area (Å²) in [5, 5.41) is 10.1. The van der Waals surface area contributed by atoms with Gasteiger partial charge in [-0.2, -0.15) is 0 Å². The van der Waals surface area contributed by atoms with Crippen molar-refractivity contribution in [3.05, 3.63) is 0 Å². The minimum absolute atomic E-state index is 0. The molecular formula is C6H12NNaO2. The number of rotatable bonds is 2. The number of hydrogen-bond donors (Lipinski definition) is 0. The van der Waals surface area contributed by atoms with Crippen LogP contribution in [0, 0.1) is 0 Å². The monoisotopic (exact) mass is 153 g/mol. The van der Waals surface area contributed by atoms with Gasteiger partial charge in [0.25, 0.3) is 0 Å². The van der Waals surface area contributed by atoms with Gasteiger partial charge in [0, 0.05) is 13.1 Å². The minimum Gasteiger partial charge on any atom is -0.854 e. The van der Waals surface area contributed by atoms with Crippen LogP contribution in [0.3, 0.4) is 0 Å². The number of hydrogen-bond acceptors (Lipinski definition) is 3. The molecule has 1 rings (SSSR count). The van der Waals surface area contributed by atoms with Gasteiger partial charge >= 0.3 is 29.6 Å². The SMILES string of the molecule is [Na+].[O-]CCN1CCOCC1. The first-order chi connectivity index (χ1) is 4.43. The Balaban J connectivity index is 0.000000810. The molecule has 0 spiro atoms. The fourth-order valence-electron chi connectivity index (χ4n) is 0.954. The maximum Gasteiger partial charge on any atom is 1.00 e. The number of morpholine rings is 1. The molecule has 10 heavy (non-hydrogen) atoms.